The van der Waals surface area contributed by atoms with E-state index in [0.29, 0.717) is 5.56 Å². The summed E-state index contributed by atoms with van der Waals surface area (Å²) in [7, 11) is -4.02. The summed E-state index contributed by atoms with van der Waals surface area (Å²) in [5, 5.41) is 18.4. The van der Waals surface area contributed by atoms with Gasteiger partial charge in [0.1, 0.15) is 0 Å². The lowest BCUT2D eigenvalue weighted by Crippen LogP contribution is -2.34. The topological polar surface area (TPSA) is 160 Å². The zero-order valence-electron chi connectivity index (χ0n) is 16.0. The van der Waals surface area contributed by atoms with E-state index in [2.05, 4.69) is 15.4 Å². The van der Waals surface area contributed by atoms with Crippen molar-refractivity contribution in [1.82, 2.24) is 10.3 Å². The fourth-order valence-electron chi connectivity index (χ4n) is 3.76. The van der Waals surface area contributed by atoms with Crippen LogP contribution in [0.25, 0.3) is 11.1 Å². The van der Waals surface area contributed by atoms with Crippen molar-refractivity contribution >= 4 is 15.9 Å². The van der Waals surface area contributed by atoms with E-state index in [1.807, 2.05) is 24.3 Å². The Bertz CT molecular complexity index is 992. The number of nitrogens with two attached hydrogens (primary N) is 3. The van der Waals surface area contributed by atoms with Crippen molar-refractivity contribution in [3.05, 3.63) is 53.6 Å². The molecule has 1 atom stereocenters. The van der Waals surface area contributed by atoms with Crippen LogP contribution in [0, 0.1) is 0 Å². The van der Waals surface area contributed by atoms with Crippen LogP contribution < -0.4 is 22.3 Å². The molecule has 1 heterocycles. The van der Waals surface area contributed by atoms with Gasteiger partial charge in [0.2, 0.25) is 10.0 Å². The Hall–Kier alpha value is -2.50. The first-order valence-corrected chi connectivity index (χ1v) is 10.8. The molecule has 1 aliphatic rings. The fourth-order valence-corrected chi connectivity index (χ4v) is 4.52. The molecular weight excluding hydrogens is 392 g/mol. The quantitative estimate of drug-likeness (QED) is 0.192. The number of nitrogens with one attached hydrogen (secondary N) is 1. The van der Waals surface area contributed by atoms with Gasteiger partial charge in [0.05, 0.1) is 11.5 Å². The molecule has 10 heteroatoms. The molecule has 0 radical (unpaired) electrons. The van der Waals surface area contributed by atoms with Crippen molar-refractivity contribution in [3.63, 3.8) is 0 Å². The monoisotopic (exact) mass is 418 g/mol. The number of hydrazone groups is 1. The molecule has 8 N–H and O–H groups in total. The molecular formula is C19H26N6O3S. The van der Waals surface area contributed by atoms with Crippen LogP contribution >= 0.6 is 0 Å². The summed E-state index contributed by atoms with van der Waals surface area (Å²) in [4.78, 5) is 2.14. The van der Waals surface area contributed by atoms with E-state index in [-0.39, 0.29) is 28.9 Å². The minimum atomic E-state index is -4.02. The second kappa shape index (κ2) is 8.89. The number of amidine groups is 1. The molecule has 0 saturated carbocycles. The Morgan fingerprint density at radius 2 is 1.97 bits per heavy atom. The highest BCUT2D eigenvalue weighted by Crippen LogP contribution is 2.29. The van der Waals surface area contributed by atoms with E-state index in [1.165, 1.54) is 6.07 Å². The smallest absolute Gasteiger partial charge is 0.238 e. The molecule has 0 spiro atoms. The van der Waals surface area contributed by atoms with Gasteiger partial charge in [0.25, 0.3) is 0 Å². The minimum absolute atomic E-state index is 0.0107. The average molecular weight is 419 g/mol. The van der Waals surface area contributed by atoms with Gasteiger partial charge in [-0.05, 0) is 42.1 Å². The number of benzene rings is 2. The molecule has 2 aromatic rings. The van der Waals surface area contributed by atoms with Crippen LogP contribution in [0.3, 0.4) is 0 Å². The maximum Gasteiger partial charge on any atom is 0.238 e. The Kier molecular flexibility index (Phi) is 6.50. The van der Waals surface area contributed by atoms with Crippen molar-refractivity contribution in [2.24, 2.45) is 21.9 Å². The average Bonchev–Trinajstić information content (AvgIpc) is 3.16. The van der Waals surface area contributed by atoms with Crippen LogP contribution in [-0.2, 0) is 16.6 Å². The highest BCUT2D eigenvalue weighted by atomic mass is 32.2. The molecule has 2 aromatic carbocycles. The van der Waals surface area contributed by atoms with Crippen LogP contribution in [0.15, 0.2) is 52.5 Å². The number of aliphatic hydroxyl groups excluding tert-OH is 1. The lowest BCUT2D eigenvalue weighted by atomic mass is 9.97. The number of nitrogens with zero attached hydrogens (tertiary/aromatic N) is 2. The fraction of sp³-hybridized carbons (Fsp3) is 0.316. The number of likely N-dealkylation sites (tertiary alicyclic amines) is 1. The molecule has 0 aliphatic carbocycles. The van der Waals surface area contributed by atoms with Gasteiger partial charge in [0, 0.05) is 18.2 Å². The van der Waals surface area contributed by atoms with Crippen LogP contribution in [0.1, 0.15) is 24.0 Å². The number of hydrogen-bond donors (Lipinski definition) is 5. The predicted octanol–water partition coefficient (Wildman–Crippen LogP) is 0.0413. The summed E-state index contributed by atoms with van der Waals surface area (Å²) in [6.45, 7) is 1.87. The van der Waals surface area contributed by atoms with Crippen molar-refractivity contribution < 1.29 is 13.5 Å². The van der Waals surface area contributed by atoms with E-state index < -0.39 is 10.0 Å². The van der Waals surface area contributed by atoms with E-state index in [0.717, 1.165) is 37.1 Å². The number of sulfonamides is 1. The highest BCUT2D eigenvalue weighted by Gasteiger charge is 2.24. The summed E-state index contributed by atoms with van der Waals surface area (Å²) in [6.07, 6.45) is 2.09. The lowest BCUT2D eigenvalue weighted by Gasteiger charge is -2.22. The number of aliphatic hydroxyl groups is 1. The minimum Gasteiger partial charge on any atom is -0.395 e. The molecule has 0 amide bonds. The van der Waals surface area contributed by atoms with Crippen LogP contribution in [-0.4, -0.2) is 43.5 Å². The third-order valence-corrected chi connectivity index (χ3v) is 6.15. The number of primary sulfonamides is 1. The first-order chi connectivity index (χ1) is 13.9. The molecule has 3 rings (SSSR count). The predicted molar refractivity (Wildman–Crippen MR) is 112 cm³/mol. The second-order valence-corrected chi connectivity index (χ2v) is 8.52. The molecule has 1 unspecified atom stereocenters. The summed E-state index contributed by atoms with van der Waals surface area (Å²) >= 11 is 0. The second-order valence-electron chi connectivity index (χ2n) is 6.99. The van der Waals surface area contributed by atoms with Crippen molar-refractivity contribution in [2.75, 3.05) is 13.2 Å². The van der Waals surface area contributed by atoms with E-state index >= 15 is 0 Å². The SMILES string of the molecule is NN=C(NN)c1c(-c2ccc(CN3CCCC3CO)cc2)cccc1S(N)(=O)=O. The Morgan fingerprint density at radius 1 is 1.24 bits per heavy atom. The van der Waals surface area contributed by atoms with Gasteiger partial charge in [-0.1, -0.05) is 36.4 Å². The van der Waals surface area contributed by atoms with E-state index in [1.54, 1.807) is 12.1 Å². The third kappa shape index (κ3) is 4.57. The normalized spacial score (nSPS) is 18.2. The zero-order chi connectivity index (χ0) is 21.0. The molecule has 1 fully saturated rings. The van der Waals surface area contributed by atoms with Gasteiger partial charge in [-0.25, -0.2) is 19.4 Å². The van der Waals surface area contributed by atoms with Crippen molar-refractivity contribution in [1.29, 1.82) is 0 Å². The number of hydrazine groups is 1. The van der Waals surface area contributed by atoms with Crippen LogP contribution in [0.2, 0.25) is 0 Å². The van der Waals surface area contributed by atoms with Gasteiger partial charge in [0.15, 0.2) is 5.84 Å². The maximum absolute atomic E-state index is 12.1. The van der Waals surface area contributed by atoms with Gasteiger partial charge >= 0.3 is 0 Å². The highest BCUT2D eigenvalue weighted by molar-refractivity contribution is 7.89. The van der Waals surface area contributed by atoms with Gasteiger partial charge in [-0.3, -0.25) is 4.90 Å². The first kappa shape index (κ1) is 21.2. The maximum atomic E-state index is 12.1. The van der Waals surface area contributed by atoms with Crippen molar-refractivity contribution in [3.8, 4) is 11.1 Å². The largest absolute Gasteiger partial charge is 0.395 e. The van der Waals surface area contributed by atoms with Gasteiger partial charge in [-0.2, -0.15) is 5.10 Å². The van der Waals surface area contributed by atoms with Crippen molar-refractivity contribution in [2.45, 2.75) is 30.3 Å². The molecule has 0 bridgehead atoms. The summed E-state index contributed by atoms with van der Waals surface area (Å²) in [5.41, 5.74) is 5.00. The van der Waals surface area contributed by atoms with E-state index in [4.69, 9.17) is 16.8 Å². The summed E-state index contributed by atoms with van der Waals surface area (Å²) in [5.74, 6) is 10.9. The molecule has 0 aromatic heterocycles. The Balaban J connectivity index is 1.98. The molecule has 9 nitrogen and oxygen atoms in total. The lowest BCUT2D eigenvalue weighted by molar-refractivity contribution is 0.153. The zero-order valence-corrected chi connectivity index (χ0v) is 16.8. The van der Waals surface area contributed by atoms with Gasteiger partial charge < -0.3 is 16.4 Å². The molecule has 29 heavy (non-hydrogen) atoms. The van der Waals surface area contributed by atoms with Crippen LogP contribution in [0.4, 0.5) is 0 Å². The van der Waals surface area contributed by atoms with E-state index in [9.17, 15) is 13.5 Å². The Labute approximate surface area is 170 Å². The number of rotatable bonds is 6. The summed E-state index contributed by atoms with van der Waals surface area (Å²) < 4.78 is 24.1. The molecule has 1 aliphatic heterocycles. The third-order valence-electron chi connectivity index (χ3n) is 5.20. The number of hydrogen-bond acceptors (Lipinski definition) is 7. The van der Waals surface area contributed by atoms with Crippen LogP contribution in [0.5, 0.6) is 0 Å². The Morgan fingerprint density at radius 3 is 2.55 bits per heavy atom. The molecule has 156 valence electrons. The molecule has 1 saturated heterocycles. The summed E-state index contributed by atoms with van der Waals surface area (Å²) in [6, 6.07) is 12.7. The standard InChI is InChI=1S/C19H26N6O3S/c20-23-19(24-21)18-16(4-1-5-17(18)29(22,27)28)14-8-6-13(7-9-14)11-25-10-2-3-15(25)12-26/h1,4-9,15,26H,2-3,10-12,20-21H2,(H,23,24)(H2,22,27,28). The van der Waals surface area contributed by atoms with Gasteiger partial charge in [-0.15, -0.1) is 0 Å². The first-order valence-electron chi connectivity index (χ1n) is 9.24.